The molecule has 1 aromatic heterocycles. The molecule has 0 aliphatic carbocycles. The zero-order valence-electron chi connectivity index (χ0n) is 13.9. The van der Waals surface area contributed by atoms with E-state index in [4.69, 9.17) is 4.42 Å². The van der Waals surface area contributed by atoms with Crippen molar-refractivity contribution in [3.05, 3.63) is 64.3 Å². The van der Waals surface area contributed by atoms with Crippen LogP contribution in [0.4, 0.5) is 4.39 Å². The molecule has 1 amide bonds. The molecule has 1 N–H and O–H groups in total. The van der Waals surface area contributed by atoms with Crippen molar-refractivity contribution < 1.29 is 23.5 Å². The lowest BCUT2D eigenvalue weighted by Crippen LogP contribution is -2.22. The van der Waals surface area contributed by atoms with Gasteiger partial charge in [0.05, 0.1) is 12.1 Å². The van der Waals surface area contributed by atoms with Crippen LogP contribution in [0.2, 0.25) is 0 Å². The second-order valence-corrected chi connectivity index (χ2v) is 5.95. The summed E-state index contributed by atoms with van der Waals surface area (Å²) in [6.45, 7) is 1.66. The van der Waals surface area contributed by atoms with Crippen molar-refractivity contribution >= 4 is 11.7 Å². The summed E-state index contributed by atoms with van der Waals surface area (Å²) >= 11 is 0. The molecule has 0 bridgehead atoms. The number of aliphatic hydroxyl groups excluding tert-OH is 1. The molecule has 2 aromatic rings. The van der Waals surface area contributed by atoms with Crippen molar-refractivity contribution in [1.29, 1.82) is 0 Å². The largest absolute Gasteiger partial charge is 0.503 e. The van der Waals surface area contributed by atoms with Crippen LogP contribution in [0.15, 0.2) is 40.0 Å². The van der Waals surface area contributed by atoms with Gasteiger partial charge in [-0.1, -0.05) is 12.1 Å². The van der Waals surface area contributed by atoms with E-state index in [0.717, 1.165) is 5.56 Å². The molecule has 3 rings (SSSR count). The molecular formula is C18H17FN2O4. The van der Waals surface area contributed by atoms with Crippen molar-refractivity contribution in [3.8, 4) is 0 Å². The van der Waals surface area contributed by atoms with Gasteiger partial charge in [-0.3, -0.25) is 9.59 Å². The first-order valence-electron chi connectivity index (χ1n) is 7.80. The lowest BCUT2D eigenvalue weighted by molar-refractivity contribution is -0.126. The number of nitrogens with zero attached hydrogens (tertiary/aromatic N) is 2. The molecule has 0 spiro atoms. The average Bonchev–Trinajstić information content (AvgIpc) is 3.08. The van der Waals surface area contributed by atoms with Crippen LogP contribution in [0, 0.1) is 12.7 Å². The Morgan fingerprint density at radius 2 is 2.00 bits per heavy atom. The third kappa shape index (κ3) is 3.31. The molecule has 0 radical (unpaired) electrons. The zero-order chi connectivity index (χ0) is 18.1. The van der Waals surface area contributed by atoms with Crippen LogP contribution in [0.3, 0.4) is 0 Å². The maximum Gasteiger partial charge on any atom is 0.289 e. The van der Waals surface area contributed by atoms with Gasteiger partial charge >= 0.3 is 0 Å². The van der Waals surface area contributed by atoms with E-state index in [9.17, 15) is 19.1 Å². The Bertz CT molecular complexity index is 868. The molecule has 25 heavy (non-hydrogen) atoms. The molecule has 1 aliphatic heterocycles. The van der Waals surface area contributed by atoms with E-state index in [1.165, 1.54) is 24.1 Å². The molecule has 1 aromatic carbocycles. The SMILES string of the molecule is Cc1nc(C(=O)C2=C(O)C(=O)N(C)C2)c(CCc2ccc(F)cc2)o1. The van der Waals surface area contributed by atoms with E-state index in [1.807, 2.05) is 0 Å². The predicted molar refractivity (Wildman–Crippen MR) is 86.7 cm³/mol. The number of hydrogen-bond donors (Lipinski definition) is 1. The highest BCUT2D eigenvalue weighted by Crippen LogP contribution is 2.23. The van der Waals surface area contributed by atoms with Gasteiger partial charge in [0, 0.05) is 20.4 Å². The number of halogens is 1. The van der Waals surface area contributed by atoms with Gasteiger partial charge in [0.2, 0.25) is 5.78 Å². The molecule has 7 heteroatoms. The quantitative estimate of drug-likeness (QED) is 0.842. The maximum atomic E-state index is 13.0. The van der Waals surface area contributed by atoms with Gasteiger partial charge in [0.15, 0.2) is 17.3 Å². The number of Topliss-reactive ketones (excluding diaryl/α,β-unsaturated/α-hetero) is 1. The number of oxazole rings is 1. The number of hydrogen-bond acceptors (Lipinski definition) is 5. The highest BCUT2D eigenvalue weighted by Gasteiger charge is 2.34. The van der Waals surface area contributed by atoms with Crippen molar-refractivity contribution in [2.75, 3.05) is 13.6 Å². The number of carbonyl (C=O) groups is 2. The Balaban J connectivity index is 1.82. The molecule has 0 fully saturated rings. The van der Waals surface area contributed by atoms with Gasteiger partial charge in [0.1, 0.15) is 11.6 Å². The van der Waals surface area contributed by atoms with E-state index >= 15 is 0 Å². The highest BCUT2D eigenvalue weighted by atomic mass is 19.1. The van der Waals surface area contributed by atoms with E-state index in [1.54, 1.807) is 19.1 Å². The maximum absolute atomic E-state index is 13.0. The molecule has 0 unspecified atom stereocenters. The fourth-order valence-electron chi connectivity index (χ4n) is 2.74. The Hall–Kier alpha value is -2.96. The van der Waals surface area contributed by atoms with Gasteiger partial charge in [-0.25, -0.2) is 9.37 Å². The third-order valence-corrected chi connectivity index (χ3v) is 4.08. The second-order valence-electron chi connectivity index (χ2n) is 5.95. The van der Waals surface area contributed by atoms with Gasteiger partial charge in [0.25, 0.3) is 5.91 Å². The number of carbonyl (C=O) groups excluding carboxylic acids is 2. The van der Waals surface area contributed by atoms with E-state index in [0.29, 0.717) is 24.5 Å². The summed E-state index contributed by atoms with van der Waals surface area (Å²) < 4.78 is 18.5. The summed E-state index contributed by atoms with van der Waals surface area (Å²) in [5.41, 5.74) is 1.01. The smallest absolute Gasteiger partial charge is 0.289 e. The van der Waals surface area contributed by atoms with Crippen LogP contribution >= 0.6 is 0 Å². The Kier molecular flexibility index (Phi) is 4.39. The first kappa shape index (κ1) is 16.9. The number of aliphatic hydroxyl groups is 1. The van der Waals surface area contributed by atoms with E-state index < -0.39 is 17.4 Å². The number of amides is 1. The van der Waals surface area contributed by atoms with Crippen LogP contribution < -0.4 is 0 Å². The van der Waals surface area contributed by atoms with Crippen LogP contribution in [-0.4, -0.2) is 40.3 Å². The van der Waals surface area contributed by atoms with Crippen molar-refractivity contribution in [2.45, 2.75) is 19.8 Å². The molecule has 6 nitrogen and oxygen atoms in total. The minimum atomic E-state index is -0.587. The second kappa shape index (κ2) is 6.51. The normalized spacial score (nSPS) is 14.5. The summed E-state index contributed by atoms with van der Waals surface area (Å²) in [5, 5.41) is 9.86. The number of ketones is 1. The summed E-state index contributed by atoms with van der Waals surface area (Å²) in [6, 6.07) is 6.07. The average molecular weight is 344 g/mol. The number of benzene rings is 1. The third-order valence-electron chi connectivity index (χ3n) is 4.08. The lowest BCUT2D eigenvalue weighted by Gasteiger charge is -2.06. The number of likely N-dealkylation sites (N-methyl/N-ethyl adjacent to an activating group) is 1. The number of aryl methyl sites for hydroxylation is 3. The van der Waals surface area contributed by atoms with Crippen molar-refractivity contribution in [3.63, 3.8) is 0 Å². The first-order valence-corrected chi connectivity index (χ1v) is 7.80. The zero-order valence-corrected chi connectivity index (χ0v) is 13.9. The highest BCUT2D eigenvalue weighted by molar-refractivity contribution is 6.14. The Labute approximate surface area is 143 Å². The van der Waals surface area contributed by atoms with Crippen LogP contribution in [0.5, 0.6) is 0 Å². The molecule has 1 aliphatic rings. The topological polar surface area (TPSA) is 83.6 Å². The van der Waals surface area contributed by atoms with Gasteiger partial charge in [-0.05, 0) is 24.1 Å². The molecule has 0 atom stereocenters. The van der Waals surface area contributed by atoms with E-state index in [-0.39, 0.29) is 23.6 Å². The standard InChI is InChI=1S/C18H17FN2O4/c1-10-20-15(16(22)13-9-21(2)18(24)17(13)23)14(25-10)8-5-11-3-6-12(19)7-4-11/h3-4,6-7,23H,5,8-9H2,1-2H3. The summed E-state index contributed by atoms with van der Waals surface area (Å²) in [6.07, 6.45) is 0.935. The minimum Gasteiger partial charge on any atom is -0.503 e. The number of aromatic nitrogens is 1. The van der Waals surface area contributed by atoms with Crippen LogP contribution in [-0.2, 0) is 17.6 Å². The fraction of sp³-hybridized carbons (Fsp3) is 0.278. The lowest BCUT2D eigenvalue weighted by atomic mass is 10.0. The monoisotopic (exact) mass is 344 g/mol. The Morgan fingerprint density at radius 3 is 2.60 bits per heavy atom. The molecule has 130 valence electrons. The van der Waals surface area contributed by atoms with Crippen molar-refractivity contribution in [1.82, 2.24) is 9.88 Å². The fourth-order valence-corrected chi connectivity index (χ4v) is 2.74. The predicted octanol–water partition coefficient (Wildman–Crippen LogP) is 2.37. The van der Waals surface area contributed by atoms with Gasteiger partial charge in [-0.2, -0.15) is 0 Å². The first-order chi connectivity index (χ1) is 11.9. The summed E-state index contributed by atoms with van der Waals surface area (Å²) in [4.78, 5) is 29.7. The molecule has 0 saturated heterocycles. The Morgan fingerprint density at radius 1 is 1.32 bits per heavy atom. The summed E-state index contributed by atoms with van der Waals surface area (Å²) in [5.74, 6) is -1.24. The van der Waals surface area contributed by atoms with Gasteiger partial charge < -0.3 is 14.4 Å². The molecular weight excluding hydrogens is 327 g/mol. The molecule has 0 saturated carbocycles. The number of rotatable bonds is 5. The van der Waals surface area contributed by atoms with Crippen molar-refractivity contribution in [2.24, 2.45) is 0 Å². The minimum absolute atomic E-state index is 0.0174. The summed E-state index contributed by atoms with van der Waals surface area (Å²) in [7, 11) is 1.50. The van der Waals surface area contributed by atoms with Gasteiger partial charge in [-0.15, -0.1) is 0 Å². The molecule has 2 heterocycles. The van der Waals surface area contributed by atoms with E-state index in [2.05, 4.69) is 4.98 Å². The van der Waals surface area contributed by atoms with Crippen LogP contribution in [0.25, 0.3) is 0 Å². The van der Waals surface area contributed by atoms with Crippen LogP contribution in [0.1, 0.15) is 27.7 Å².